The fourth-order valence-corrected chi connectivity index (χ4v) is 5.17. The average Bonchev–Trinajstić information content (AvgIpc) is 3.10. The van der Waals surface area contributed by atoms with E-state index < -0.39 is 12.2 Å². The predicted octanol–water partition coefficient (Wildman–Crippen LogP) is 9.56. The van der Waals surface area contributed by atoms with Crippen molar-refractivity contribution in [2.75, 3.05) is 39.6 Å². The van der Waals surface area contributed by atoms with Gasteiger partial charge in [0.25, 0.3) is 0 Å². The minimum atomic E-state index is -0.469. The van der Waals surface area contributed by atoms with Gasteiger partial charge in [0.1, 0.15) is 6.61 Å². The Morgan fingerprint density at radius 2 is 0.980 bits per heavy atom. The standard InChI is InChI=1S/C40H74O9/c1-4-7-10-13-14-20-23-30-45-37(42)26-21-16-15-17-22-27-38(43)48-34-36(33-41)35-49-39(44)28-29-40(46-31-24-18-11-8-5-2)47-32-25-19-12-9-6-3/h20,23,36,40-41H,4-19,21-22,24-35H2,1-3H3. The number of hydrogen-bond acceptors (Lipinski definition) is 9. The Morgan fingerprint density at radius 1 is 0.531 bits per heavy atom. The zero-order chi connectivity index (χ0) is 36.0. The summed E-state index contributed by atoms with van der Waals surface area (Å²) >= 11 is 0. The molecule has 0 rings (SSSR count). The third-order valence-corrected chi connectivity index (χ3v) is 8.40. The van der Waals surface area contributed by atoms with Crippen LogP contribution in [0, 0.1) is 5.92 Å². The highest BCUT2D eigenvalue weighted by atomic mass is 16.7. The maximum absolute atomic E-state index is 12.4. The van der Waals surface area contributed by atoms with Gasteiger partial charge in [-0.3, -0.25) is 14.4 Å². The summed E-state index contributed by atoms with van der Waals surface area (Å²) in [6, 6.07) is 0. The second-order valence-corrected chi connectivity index (χ2v) is 13.2. The zero-order valence-corrected chi connectivity index (χ0v) is 31.7. The minimum absolute atomic E-state index is 0.00365. The van der Waals surface area contributed by atoms with Crippen LogP contribution in [0.25, 0.3) is 0 Å². The molecular formula is C40H74O9. The van der Waals surface area contributed by atoms with Crippen molar-refractivity contribution in [3.63, 3.8) is 0 Å². The van der Waals surface area contributed by atoms with Gasteiger partial charge in [0, 0.05) is 32.5 Å². The SMILES string of the molecule is CCCCCCC=CCOC(=O)CCCCCCCC(=O)OCC(CO)COC(=O)CCC(OCCCCCCC)OCCCCCCC. The van der Waals surface area contributed by atoms with Crippen molar-refractivity contribution in [3.05, 3.63) is 12.2 Å². The molecule has 9 nitrogen and oxygen atoms in total. The number of esters is 3. The van der Waals surface area contributed by atoms with Crippen molar-refractivity contribution in [2.45, 2.75) is 181 Å². The Labute approximate surface area is 299 Å². The molecule has 1 atom stereocenters. The van der Waals surface area contributed by atoms with Crippen molar-refractivity contribution in [1.82, 2.24) is 0 Å². The number of hydrogen-bond donors (Lipinski definition) is 1. The van der Waals surface area contributed by atoms with Crippen LogP contribution in [-0.2, 0) is 38.1 Å². The first-order chi connectivity index (χ1) is 24.0. The number of allylic oxidation sites excluding steroid dienone is 1. The number of ether oxygens (including phenoxy) is 5. The number of carbonyl (C=O) groups is 3. The molecule has 0 aromatic rings. The molecule has 0 aromatic heterocycles. The van der Waals surface area contributed by atoms with Crippen LogP contribution in [0.2, 0.25) is 0 Å². The molecule has 0 radical (unpaired) electrons. The molecule has 0 heterocycles. The number of aliphatic hydroxyl groups is 1. The maximum atomic E-state index is 12.4. The Bertz CT molecular complexity index is 770. The Morgan fingerprint density at radius 3 is 1.51 bits per heavy atom. The molecule has 0 aliphatic heterocycles. The van der Waals surface area contributed by atoms with E-state index >= 15 is 0 Å². The molecule has 0 spiro atoms. The van der Waals surface area contributed by atoms with E-state index in [2.05, 4.69) is 26.8 Å². The minimum Gasteiger partial charge on any atom is -0.465 e. The van der Waals surface area contributed by atoms with Gasteiger partial charge in [-0.15, -0.1) is 0 Å². The highest BCUT2D eigenvalue weighted by Gasteiger charge is 2.17. The van der Waals surface area contributed by atoms with Crippen LogP contribution in [0.3, 0.4) is 0 Å². The van der Waals surface area contributed by atoms with Crippen LogP contribution < -0.4 is 0 Å². The highest BCUT2D eigenvalue weighted by molar-refractivity contribution is 5.70. The summed E-state index contributed by atoms with van der Waals surface area (Å²) in [7, 11) is 0. The third kappa shape index (κ3) is 34.3. The third-order valence-electron chi connectivity index (χ3n) is 8.40. The monoisotopic (exact) mass is 699 g/mol. The second kappa shape index (κ2) is 37.3. The topological polar surface area (TPSA) is 118 Å². The summed E-state index contributed by atoms with van der Waals surface area (Å²) in [6.07, 6.45) is 26.5. The lowest BCUT2D eigenvalue weighted by molar-refractivity contribution is -0.161. The predicted molar refractivity (Wildman–Crippen MR) is 196 cm³/mol. The average molecular weight is 699 g/mol. The van der Waals surface area contributed by atoms with Crippen LogP contribution in [0.4, 0.5) is 0 Å². The van der Waals surface area contributed by atoms with Crippen molar-refractivity contribution in [3.8, 4) is 0 Å². The molecule has 1 unspecified atom stereocenters. The largest absolute Gasteiger partial charge is 0.465 e. The van der Waals surface area contributed by atoms with Crippen LogP contribution in [0.1, 0.15) is 175 Å². The smallest absolute Gasteiger partial charge is 0.306 e. The number of rotatable bonds is 37. The molecule has 0 bridgehead atoms. The molecule has 0 amide bonds. The molecule has 49 heavy (non-hydrogen) atoms. The van der Waals surface area contributed by atoms with E-state index in [0.29, 0.717) is 45.5 Å². The molecule has 0 aromatic carbocycles. The molecule has 0 saturated carbocycles. The molecule has 0 saturated heterocycles. The van der Waals surface area contributed by atoms with Gasteiger partial charge in [-0.1, -0.05) is 123 Å². The summed E-state index contributed by atoms with van der Waals surface area (Å²) in [5.74, 6) is -1.34. The lowest BCUT2D eigenvalue weighted by atomic mass is 10.1. The van der Waals surface area contributed by atoms with E-state index in [-0.39, 0.29) is 44.1 Å². The molecule has 9 heteroatoms. The first-order valence-electron chi connectivity index (χ1n) is 19.9. The van der Waals surface area contributed by atoms with E-state index in [1.807, 2.05) is 6.08 Å². The van der Waals surface area contributed by atoms with Crippen molar-refractivity contribution < 1.29 is 43.2 Å². The van der Waals surface area contributed by atoms with Crippen LogP contribution >= 0.6 is 0 Å². The summed E-state index contributed by atoms with van der Waals surface area (Å²) in [6.45, 7) is 7.91. The number of unbranched alkanes of at least 4 members (excludes halogenated alkanes) is 16. The van der Waals surface area contributed by atoms with Gasteiger partial charge in [-0.05, 0) is 38.5 Å². The lowest BCUT2D eigenvalue weighted by Gasteiger charge is -2.19. The lowest BCUT2D eigenvalue weighted by Crippen LogP contribution is -2.25. The quantitative estimate of drug-likeness (QED) is 0.0222. The molecule has 1 N–H and O–H groups in total. The number of aliphatic hydroxyl groups excluding tert-OH is 1. The van der Waals surface area contributed by atoms with E-state index in [4.69, 9.17) is 23.7 Å². The normalized spacial score (nSPS) is 12.1. The van der Waals surface area contributed by atoms with Gasteiger partial charge in [0.15, 0.2) is 6.29 Å². The van der Waals surface area contributed by atoms with Crippen LogP contribution in [-0.4, -0.2) is 68.9 Å². The van der Waals surface area contributed by atoms with Crippen molar-refractivity contribution in [2.24, 2.45) is 5.92 Å². The number of carbonyl (C=O) groups excluding carboxylic acids is 3. The van der Waals surface area contributed by atoms with E-state index in [0.717, 1.165) is 57.8 Å². The zero-order valence-electron chi connectivity index (χ0n) is 31.7. The summed E-state index contributed by atoms with van der Waals surface area (Å²) in [4.78, 5) is 36.5. The maximum Gasteiger partial charge on any atom is 0.306 e. The van der Waals surface area contributed by atoms with Crippen molar-refractivity contribution in [1.29, 1.82) is 0 Å². The summed E-state index contributed by atoms with van der Waals surface area (Å²) in [5, 5.41) is 9.70. The van der Waals surface area contributed by atoms with Gasteiger partial charge < -0.3 is 28.8 Å². The summed E-state index contributed by atoms with van der Waals surface area (Å²) in [5.41, 5.74) is 0. The molecular weight excluding hydrogens is 624 g/mol. The van der Waals surface area contributed by atoms with Crippen LogP contribution in [0.15, 0.2) is 12.2 Å². The molecule has 288 valence electrons. The second-order valence-electron chi connectivity index (χ2n) is 13.2. The van der Waals surface area contributed by atoms with E-state index in [9.17, 15) is 19.5 Å². The van der Waals surface area contributed by atoms with Gasteiger partial charge in [0.2, 0.25) is 0 Å². The van der Waals surface area contributed by atoms with Gasteiger partial charge in [-0.2, -0.15) is 0 Å². The fraction of sp³-hybridized carbons (Fsp3) is 0.875. The molecule has 0 aliphatic carbocycles. The highest BCUT2D eigenvalue weighted by Crippen LogP contribution is 2.13. The molecule has 0 fully saturated rings. The summed E-state index contributed by atoms with van der Waals surface area (Å²) < 4.78 is 27.9. The fourth-order valence-electron chi connectivity index (χ4n) is 5.17. The Hall–Kier alpha value is -1.97. The van der Waals surface area contributed by atoms with Gasteiger partial charge in [0.05, 0.1) is 32.2 Å². The first kappa shape index (κ1) is 47.0. The van der Waals surface area contributed by atoms with Crippen LogP contribution in [0.5, 0.6) is 0 Å². The van der Waals surface area contributed by atoms with E-state index in [1.54, 1.807) is 0 Å². The van der Waals surface area contributed by atoms with E-state index in [1.165, 1.54) is 64.2 Å². The van der Waals surface area contributed by atoms with Crippen molar-refractivity contribution >= 4 is 17.9 Å². The Balaban J connectivity index is 4.06. The van der Waals surface area contributed by atoms with Gasteiger partial charge in [-0.25, -0.2) is 0 Å². The van der Waals surface area contributed by atoms with Gasteiger partial charge >= 0.3 is 17.9 Å². The molecule has 0 aliphatic rings. The first-order valence-corrected chi connectivity index (χ1v) is 19.9. The Kier molecular flexibility index (Phi) is 35.8.